The number of aromatic hydroxyl groups is 1. The first-order valence-electron chi connectivity index (χ1n) is 7.09. The standard InChI is InChI=1S/C17H19NO2/c1-10(2)17(20)18-13-8-12-5-3-4-11-6-7-15(19)14(9-13)16(11)12/h3-7,10,13,19H,8-9H2,1-2H3,(H,18,20). The van der Waals surface area contributed by atoms with E-state index >= 15 is 0 Å². The predicted octanol–water partition coefficient (Wildman–Crippen LogP) is 2.78. The van der Waals surface area contributed by atoms with Crippen LogP contribution < -0.4 is 5.32 Å². The monoisotopic (exact) mass is 269 g/mol. The van der Waals surface area contributed by atoms with Gasteiger partial charge in [0.2, 0.25) is 5.91 Å². The molecule has 0 saturated heterocycles. The fourth-order valence-electron chi connectivity index (χ4n) is 2.95. The molecule has 0 saturated carbocycles. The van der Waals surface area contributed by atoms with E-state index in [1.54, 1.807) is 6.07 Å². The summed E-state index contributed by atoms with van der Waals surface area (Å²) in [6, 6.07) is 9.94. The molecule has 1 aliphatic carbocycles. The topological polar surface area (TPSA) is 49.3 Å². The molecule has 2 aromatic rings. The van der Waals surface area contributed by atoms with Gasteiger partial charge in [0.05, 0.1) is 0 Å². The second kappa shape index (κ2) is 4.82. The lowest BCUT2D eigenvalue weighted by atomic mass is 9.85. The Morgan fingerprint density at radius 2 is 2.05 bits per heavy atom. The lowest BCUT2D eigenvalue weighted by Gasteiger charge is -2.27. The lowest BCUT2D eigenvalue weighted by molar-refractivity contribution is -0.124. The molecule has 2 aromatic carbocycles. The summed E-state index contributed by atoms with van der Waals surface area (Å²) < 4.78 is 0. The highest BCUT2D eigenvalue weighted by atomic mass is 16.3. The molecule has 2 N–H and O–H groups in total. The third kappa shape index (κ3) is 2.13. The maximum atomic E-state index is 11.9. The van der Waals surface area contributed by atoms with E-state index in [-0.39, 0.29) is 17.9 Å². The molecule has 0 aliphatic heterocycles. The van der Waals surface area contributed by atoms with Gasteiger partial charge in [-0.3, -0.25) is 4.79 Å². The van der Waals surface area contributed by atoms with Crippen LogP contribution in [0, 0.1) is 5.92 Å². The summed E-state index contributed by atoms with van der Waals surface area (Å²) in [5, 5.41) is 15.5. The van der Waals surface area contributed by atoms with E-state index in [1.807, 2.05) is 26.0 Å². The Bertz CT molecular complexity index is 676. The van der Waals surface area contributed by atoms with Crippen molar-refractivity contribution in [2.45, 2.75) is 32.7 Å². The number of hydrogen-bond acceptors (Lipinski definition) is 2. The van der Waals surface area contributed by atoms with Gasteiger partial charge < -0.3 is 10.4 Å². The van der Waals surface area contributed by atoms with Crippen LogP contribution >= 0.6 is 0 Å². The van der Waals surface area contributed by atoms with Crippen LogP contribution in [-0.4, -0.2) is 17.1 Å². The van der Waals surface area contributed by atoms with E-state index in [4.69, 9.17) is 0 Å². The zero-order valence-electron chi connectivity index (χ0n) is 11.8. The molecule has 0 spiro atoms. The molecule has 0 fully saturated rings. The smallest absolute Gasteiger partial charge is 0.222 e. The number of carbonyl (C=O) groups excluding carboxylic acids is 1. The van der Waals surface area contributed by atoms with Crippen LogP contribution in [-0.2, 0) is 17.6 Å². The van der Waals surface area contributed by atoms with Gasteiger partial charge in [-0.25, -0.2) is 0 Å². The molecule has 1 aliphatic rings. The maximum absolute atomic E-state index is 11.9. The molecular formula is C17H19NO2. The fourth-order valence-corrected chi connectivity index (χ4v) is 2.95. The van der Waals surface area contributed by atoms with Gasteiger partial charge in [-0.1, -0.05) is 38.1 Å². The summed E-state index contributed by atoms with van der Waals surface area (Å²) >= 11 is 0. The molecule has 3 rings (SSSR count). The molecule has 104 valence electrons. The predicted molar refractivity (Wildman–Crippen MR) is 79.8 cm³/mol. The second-order valence-electron chi connectivity index (χ2n) is 5.85. The number of hydrogen-bond donors (Lipinski definition) is 2. The molecule has 0 heterocycles. The average molecular weight is 269 g/mol. The number of rotatable bonds is 2. The van der Waals surface area contributed by atoms with Gasteiger partial charge in [0, 0.05) is 17.5 Å². The highest BCUT2D eigenvalue weighted by Crippen LogP contribution is 2.35. The minimum Gasteiger partial charge on any atom is -0.508 e. The SMILES string of the molecule is CC(C)C(=O)NC1Cc2cccc3ccc(O)c(c23)C1. The van der Waals surface area contributed by atoms with Gasteiger partial charge >= 0.3 is 0 Å². The van der Waals surface area contributed by atoms with Gasteiger partial charge in [-0.2, -0.15) is 0 Å². The van der Waals surface area contributed by atoms with Crippen molar-refractivity contribution in [2.24, 2.45) is 5.92 Å². The van der Waals surface area contributed by atoms with Crippen LogP contribution in [0.2, 0.25) is 0 Å². The van der Waals surface area contributed by atoms with Crippen molar-refractivity contribution in [1.82, 2.24) is 5.32 Å². The van der Waals surface area contributed by atoms with Gasteiger partial charge in [0.15, 0.2) is 0 Å². The Labute approximate surface area is 118 Å². The first kappa shape index (κ1) is 13.0. The summed E-state index contributed by atoms with van der Waals surface area (Å²) in [5.74, 6) is 0.381. The minimum atomic E-state index is -0.0171. The van der Waals surface area contributed by atoms with E-state index in [0.29, 0.717) is 12.2 Å². The first-order valence-corrected chi connectivity index (χ1v) is 7.09. The summed E-state index contributed by atoms with van der Waals surface area (Å²) in [4.78, 5) is 11.9. The van der Waals surface area contributed by atoms with Crippen LogP contribution in [0.25, 0.3) is 10.8 Å². The Kier molecular flexibility index (Phi) is 3.13. The van der Waals surface area contributed by atoms with Crippen molar-refractivity contribution in [3.05, 3.63) is 41.5 Å². The van der Waals surface area contributed by atoms with Gasteiger partial charge in [-0.15, -0.1) is 0 Å². The van der Waals surface area contributed by atoms with E-state index in [2.05, 4.69) is 17.4 Å². The largest absolute Gasteiger partial charge is 0.508 e. The van der Waals surface area contributed by atoms with Crippen molar-refractivity contribution in [3.63, 3.8) is 0 Å². The summed E-state index contributed by atoms with van der Waals surface area (Å²) in [6.45, 7) is 3.79. The van der Waals surface area contributed by atoms with Crippen molar-refractivity contribution < 1.29 is 9.90 Å². The molecule has 1 unspecified atom stereocenters. The van der Waals surface area contributed by atoms with Crippen molar-refractivity contribution in [2.75, 3.05) is 0 Å². The Balaban J connectivity index is 1.99. The first-order chi connectivity index (χ1) is 9.56. The second-order valence-corrected chi connectivity index (χ2v) is 5.85. The molecule has 0 aromatic heterocycles. The van der Waals surface area contributed by atoms with Crippen LogP contribution in [0.1, 0.15) is 25.0 Å². The van der Waals surface area contributed by atoms with Crippen LogP contribution in [0.3, 0.4) is 0 Å². The number of phenolic OH excluding ortho intramolecular Hbond substituents is 1. The molecule has 1 atom stereocenters. The van der Waals surface area contributed by atoms with E-state index in [0.717, 1.165) is 22.8 Å². The van der Waals surface area contributed by atoms with Crippen molar-refractivity contribution >= 4 is 16.7 Å². The molecule has 0 bridgehead atoms. The summed E-state index contributed by atoms with van der Waals surface area (Å²) in [7, 11) is 0. The van der Waals surface area contributed by atoms with Crippen molar-refractivity contribution in [1.29, 1.82) is 0 Å². The molecule has 3 heteroatoms. The lowest BCUT2D eigenvalue weighted by Crippen LogP contribution is -2.41. The van der Waals surface area contributed by atoms with Crippen molar-refractivity contribution in [3.8, 4) is 5.75 Å². The normalized spacial score (nSPS) is 17.4. The van der Waals surface area contributed by atoms with Gasteiger partial charge in [-0.05, 0) is 35.2 Å². The highest BCUT2D eigenvalue weighted by Gasteiger charge is 2.24. The minimum absolute atomic E-state index is 0.0171. The zero-order valence-corrected chi connectivity index (χ0v) is 11.8. The number of phenols is 1. The number of amides is 1. The quantitative estimate of drug-likeness (QED) is 0.880. The van der Waals surface area contributed by atoms with Gasteiger partial charge in [0.1, 0.15) is 5.75 Å². The summed E-state index contributed by atoms with van der Waals surface area (Å²) in [5.41, 5.74) is 2.16. The third-order valence-corrected chi connectivity index (χ3v) is 4.00. The zero-order chi connectivity index (χ0) is 14.3. The fraction of sp³-hybridized carbons (Fsp3) is 0.353. The Morgan fingerprint density at radius 3 is 2.80 bits per heavy atom. The number of nitrogens with one attached hydrogen (secondary N) is 1. The van der Waals surface area contributed by atoms with Crippen LogP contribution in [0.4, 0.5) is 0 Å². The molecule has 1 amide bonds. The summed E-state index contributed by atoms with van der Waals surface area (Å²) in [6.07, 6.45) is 1.52. The maximum Gasteiger partial charge on any atom is 0.222 e. The molecule has 0 radical (unpaired) electrons. The molecular weight excluding hydrogens is 250 g/mol. The van der Waals surface area contributed by atoms with E-state index in [1.165, 1.54) is 5.56 Å². The highest BCUT2D eigenvalue weighted by molar-refractivity contribution is 5.92. The molecule has 3 nitrogen and oxygen atoms in total. The van der Waals surface area contributed by atoms with E-state index in [9.17, 15) is 9.90 Å². The van der Waals surface area contributed by atoms with Crippen LogP contribution in [0.15, 0.2) is 30.3 Å². The molecule has 20 heavy (non-hydrogen) atoms. The van der Waals surface area contributed by atoms with Crippen LogP contribution in [0.5, 0.6) is 5.75 Å². The number of carbonyl (C=O) groups is 1. The van der Waals surface area contributed by atoms with E-state index < -0.39 is 0 Å². The Hall–Kier alpha value is -2.03. The third-order valence-electron chi connectivity index (χ3n) is 4.00. The van der Waals surface area contributed by atoms with Gasteiger partial charge in [0.25, 0.3) is 0 Å². The number of benzene rings is 2. The average Bonchev–Trinajstić information content (AvgIpc) is 2.42. The Morgan fingerprint density at radius 1 is 1.25 bits per heavy atom.